The Bertz CT molecular complexity index is 745. The van der Waals surface area contributed by atoms with Gasteiger partial charge in [0.2, 0.25) is 5.91 Å². The van der Waals surface area contributed by atoms with Gasteiger partial charge in [0, 0.05) is 16.7 Å². The van der Waals surface area contributed by atoms with Crippen molar-refractivity contribution >= 4 is 35.2 Å². The molecule has 2 aromatic rings. The molecule has 0 unspecified atom stereocenters. The molecule has 0 atom stereocenters. The molecular formula is C17H15Cl2NO3. The summed E-state index contributed by atoms with van der Waals surface area (Å²) in [6, 6.07) is 10.7. The molecule has 0 aliphatic rings. The molecule has 0 saturated heterocycles. The number of ether oxygens (including phenoxy) is 2. The number of nitrogens with two attached hydrogens (primary N) is 1. The summed E-state index contributed by atoms with van der Waals surface area (Å²) in [5.74, 6) is 0.318. The zero-order valence-corrected chi connectivity index (χ0v) is 13.9. The molecule has 0 saturated carbocycles. The molecule has 0 aromatic heterocycles. The van der Waals surface area contributed by atoms with Crippen LogP contribution in [0.5, 0.6) is 11.5 Å². The maximum absolute atomic E-state index is 10.8. The minimum atomic E-state index is -0.542. The van der Waals surface area contributed by atoms with Crippen LogP contribution in [0.3, 0.4) is 0 Å². The van der Waals surface area contributed by atoms with E-state index in [9.17, 15) is 4.79 Å². The van der Waals surface area contributed by atoms with E-state index in [1.54, 1.807) is 24.3 Å². The Balaban J connectivity index is 2.24. The number of methoxy groups -OCH3 is 1. The summed E-state index contributed by atoms with van der Waals surface area (Å²) < 4.78 is 11.0. The lowest BCUT2D eigenvalue weighted by atomic mass is 10.2. The summed E-state index contributed by atoms with van der Waals surface area (Å²) in [6.07, 6.45) is 2.80. The predicted molar refractivity (Wildman–Crippen MR) is 92.0 cm³/mol. The zero-order chi connectivity index (χ0) is 16.8. The van der Waals surface area contributed by atoms with Crippen molar-refractivity contribution in [2.45, 2.75) is 6.61 Å². The minimum Gasteiger partial charge on any atom is -0.493 e. The van der Waals surface area contributed by atoms with Gasteiger partial charge in [0.25, 0.3) is 0 Å². The van der Waals surface area contributed by atoms with Crippen molar-refractivity contribution in [2.75, 3.05) is 7.11 Å². The molecule has 2 aromatic carbocycles. The Kier molecular flexibility index (Phi) is 5.90. The van der Waals surface area contributed by atoms with Gasteiger partial charge in [0.15, 0.2) is 11.5 Å². The van der Waals surface area contributed by atoms with Crippen molar-refractivity contribution in [3.8, 4) is 11.5 Å². The quantitative estimate of drug-likeness (QED) is 0.797. The van der Waals surface area contributed by atoms with Crippen molar-refractivity contribution in [3.05, 3.63) is 63.6 Å². The van der Waals surface area contributed by atoms with Crippen molar-refractivity contribution < 1.29 is 14.3 Å². The van der Waals surface area contributed by atoms with Crippen LogP contribution in [0, 0.1) is 0 Å². The van der Waals surface area contributed by atoms with Gasteiger partial charge in [-0.25, -0.2) is 0 Å². The summed E-state index contributed by atoms with van der Waals surface area (Å²) in [4.78, 5) is 10.8. The smallest absolute Gasteiger partial charge is 0.241 e. The van der Waals surface area contributed by atoms with E-state index in [1.165, 1.54) is 13.2 Å². The summed E-state index contributed by atoms with van der Waals surface area (Å²) in [5.41, 5.74) is 6.59. The second kappa shape index (κ2) is 7.90. The minimum absolute atomic E-state index is 0.256. The lowest BCUT2D eigenvalue weighted by molar-refractivity contribution is -0.113. The number of primary amides is 1. The molecule has 0 bridgehead atoms. The van der Waals surface area contributed by atoms with Crippen molar-refractivity contribution in [1.82, 2.24) is 0 Å². The molecule has 0 aliphatic carbocycles. The largest absolute Gasteiger partial charge is 0.493 e. The molecule has 0 spiro atoms. The summed E-state index contributed by atoms with van der Waals surface area (Å²) in [6.45, 7) is 0.256. The third-order valence-corrected chi connectivity index (χ3v) is 3.67. The van der Waals surface area contributed by atoms with Crippen molar-refractivity contribution in [1.29, 1.82) is 0 Å². The summed E-state index contributed by atoms with van der Waals surface area (Å²) in [5, 5.41) is 0.976. The van der Waals surface area contributed by atoms with Crippen LogP contribution < -0.4 is 15.2 Å². The van der Waals surface area contributed by atoms with E-state index in [0.717, 1.165) is 5.56 Å². The molecule has 0 aliphatic heterocycles. The van der Waals surface area contributed by atoms with Gasteiger partial charge < -0.3 is 15.2 Å². The third-order valence-electron chi connectivity index (χ3n) is 3.02. The molecule has 120 valence electrons. The van der Waals surface area contributed by atoms with E-state index >= 15 is 0 Å². The van der Waals surface area contributed by atoms with Gasteiger partial charge in [0.1, 0.15) is 6.61 Å². The van der Waals surface area contributed by atoms with Gasteiger partial charge in [0.05, 0.1) is 12.1 Å². The average molecular weight is 352 g/mol. The average Bonchev–Trinajstić information content (AvgIpc) is 2.52. The molecule has 6 heteroatoms. The fourth-order valence-corrected chi connectivity index (χ4v) is 2.38. The number of halogens is 2. The number of amides is 1. The monoisotopic (exact) mass is 351 g/mol. The molecule has 23 heavy (non-hydrogen) atoms. The fourth-order valence-electron chi connectivity index (χ4n) is 1.92. The maximum Gasteiger partial charge on any atom is 0.241 e. The van der Waals surface area contributed by atoms with E-state index < -0.39 is 5.91 Å². The molecule has 0 radical (unpaired) electrons. The molecule has 2 N–H and O–H groups in total. The molecule has 0 fully saturated rings. The van der Waals surface area contributed by atoms with Crippen LogP contribution in [0.25, 0.3) is 6.08 Å². The highest BCUT2D eigenvalue weighted by Gasteiger charge is 2.12. The number of rotatable bonds is 6. The fraction of sp³-hybridized carbons (Fsp3) is 0.118. The van der Waals surface area contributed by atoms with Gasteiger partial charge in [-0.1, -0.05) is 41.4 Å². The predicted octanol–water partition coefficient (Wildman–Crippen LogP) is 4.08. The molecule has 4 nitrogen and oxygen atoms in total. The highest BCUT2D eigenvalue weighted by atomic mass is 35.5. The lowest BCUT2D eigenvalue weighted by Crippen LogP contribution is -2.05. The first kappa shape index (κ1) is 17.2. The van der Waals surface area contributed by atoms with Crippen LogP contribution in [0.2, 0.25) is 10.0 Å². The number of hydrogen-bond acceptors (Lipinski definition) is 3. The molecule has 2 rings (SSSR count). The highest BCUT2D eigenvalue weighted by Crippen LogP contribution is 2.37. The Labute approximate surface area is 144 Å². The van der Waals surface area contributed by atoms with Crippen LogP contribution in [0.1, 0.15) is 11.1 Å². The van der Waals surface area contributed by atoms with Crippen molar-refractivity contribution in [3.63, 3.8) is 0 Å². The second-order valence-electron chi connectivity index (χ2n) is 4.65. The lowest BCUT2D eigenvalue weighted by Gasteiger charge is -2.14. The SMILES string of the molecule is COc1cc(/C=C/C(N)=O)cc(Cl)c1OCc1ccccc1Cl. The summed E-state index contributed by atoms with van der Waals surface area (Å²) in [7, 11) is 1.51. The van der Waals surface area contributed by atoms with Crippen LogP contribution >= 0.6 is 23.2 Å². The zero-order valence-electron chi connectivity index (χ0n) is 12.4. The van der Waals surface area contributed by atoms with Crippen LogP contribution in [0.15, 0.2) is 42.5 Å². The van der Waals surface area contributed by atoms with E-state index in [2.05, 4.69) is 0 Å². The number of hydrogen-bond donors (Lipinski definition) is 1. The maximum atomic E-state index is 10.8. The van der Waals surface area contributed by atoms with E-state index in [-0.39, 0.29) is 6.61 Å². The highest BCUT2D eigenvalue weighted by molar-refractivity contribution is 6.32. The number of benzene rings is 2. The van der Waals surface area contributed by atoms with Crippen molar-refractivity contribution in [2.24, 2.45) is 5.73 Å². The molecule has 0 heterocycles. The van der Waals surface area contributed by atoms with Gasteiger partial charge in [-0.2, -0.15) is 0 Å². The first-order chi connectivity index (χ1) is 11.0. The molecule has 1 amide bonds. The normalized spacial score (nSPS) is 10.7. The van der Waals surface area contributed by atoms with E-state index in [1.807, 2.05) is 18.2 Å². The molecular weight excluding hydrogens is 337 g/mol. The van der Waals surface area contributed by atoms with Gasteiger partial charge >= 0.3 is 0 Å². The Hall–Kier alpha value is -2.17. The number of carbonyl (C=O) groups excluding carboxylic acids is 1. The van der Waals surface area contributed by atoms with Crippen LogP contribution in [-0.4, -0.2) is 13.0 Å². The second-order valence-corrected chi connectivity index (χ2v) is 5.46. The first-order valence-electron chi connectivity index (χ1n) is 6.72. The summed E-state index contributed by atoms with van der Waals surface area (Å²) >= 11 is 12.3. The van der Waals surface area contributed by atoms with E-state index in [4.69, 9.17) is 38.4 Å². The first-order valence-corrected chi connectivity index (χ1v) is 7.48. The number of carbonyl (C=O) groups is 1. The Morgan fingerprint density at radius 2 is 1.96 bits per heavy atom. The standard InChI is InChI=1S/C17H15Cl2NO3/c1-22-15-9-11(6-7-16(20)21)8-14(19)17(15)23-10-12-4-2-3-5-13(12)18/h2-9H,10H2,1H3,(H2,20,21)/b7-6+. The van der Waals surface area contributed by atoms with Gasteiger partial charge in [-0.15, -0.1) is 0 Å². The van der Waals surface area contributed by atoms with Gasteiger partial charge in [-0.3, -0.25) is 4.79 Å². The third kappa shape index (κ3) is 4.65. The van der Waals surface area contributed by atoms with E-state index in [0.29, 0.717) is 27.1 Å². The Morgan fingerprint density at radius 1 is 1.22 bits per heavy atom. The van der Waals surface area contributed by atoms with Gasteiger partial charge in [-0.05, 0) is 29.8 Å². The topological polar surface area (TPSA) is 61.5 Å². The Morgan fingerprint density at radius 3 is 2.61 bits per heavy atom. The van der Waals surface area contributed by atoms with Crippen LogP contribution in [0.4, 0.5) is 0 Å². The van der Waals surface area contributed by atoms with Crippen LogP contribution in [-0.2, 0) is 11.4 Å².